The van der Waals surface area contributed by atoms with Crippen molar-refractivity contribution < 1.29 is 0 Å². The van der Waals surface area contributed by atoms with Gasteiger partial charge in [0.25, 0.3) is 0 Å². The summed E-state index contributed by atoms with van der Waals surface area (Å²) in [6, 6.07) is 19.3. The number of benzene rings is 2. The second-order valence-corrected chi connectivity index (χ2v) is 5.25. The van der Waals surface area contributed by atoms with E-state index in [4.69, 9.17) is 0 Å². The molecule has 2 rings (SSSR count). The Hall–Kier alpha value is -2.02. The number of hydrogen-bond acceptors (Lipinski definition) is 1. The van der Waals surface area contributed by atoms with Gasteiger partial charge in [0.15, 0.2) is 0 Å². The van der Waals surface area contributed by atoms with Crippen molar-refractivity contribution >= 4 is 0 Å². The van der Waals surface area contributed by atoms with Crippen LogP contribution in [0.2, 0.25) is 0 Å². The minimum atomic E-state index is 0.955. The largest absolute Gasteiger partial charge is 0.388 e. The van der Waals surface area contributed by atoms with Gasteiger partial charge in [0.2, 0.25) is 0 Å². The van der Waals surface area contributed by atoms with Crippen molar-refractivity contribution in [3.8, 4) is 0 Å². The van der Waals surface area contributed by atoms with Crippen molar-refractivity contribution in [1.29, 1.82) is 0 Å². The third-order valence-electron chi connectivity index (χ3n) is 3.47. The Balaban J connectivity index is 1.66. The highest BCUT2D eigenvalue weighted by atomic mass is 14.9. The Bertz CT molecular complexity index is 525. The molecule has 104 valence electrons. The minimum absolute atomic E-state index is 0.955. The highest BCUT2D eigenvalue weighted by Crippen LogP contribution is 2.07. The second kappa shape index (κ2) is 7.54. The fraction of sp³-hybridized carbons (Fsp3) is 0.263. The summed E-state index contributed by atoms with van der Waals surface area (Å²) < 4.78 is 0. The molecule has 0 unspecified atom stereocenters. The first-order chi connectivity index (χ1) is 9.74. The molecule has 1 nitrogen and oxygen atoms in total. The van der Waals surface area contributed by atoms with Gasteiger partial charge in [-0.2, -0.15) is 0 Å². The van der Waals surface area contributed by atoms with E-state index in [0.717, 1.165) is 31.5 Å². The van der Waals surface area contributed by atoms with Crippen molar-refractivity contribution in [2.75, 3.05) is 6.54 Å². The van der Waals surface area contributed by atoms with Crippen LogP contribution in [0.3, 0.4) is 0 Å². The summed E-state index contributed by atoms with van der Waals surface area (Å²) in [6.07, 6.45) is 3.10. The third kappa shape index (κ3) is 4.93. The lowest BCUT2D eigenvalue weighted by Gasteiger charge is -2.10. The lowest BCUT2D eigenvalue weighted by molar-refractivity contribution is 0.739. The normalized spacial score (nSPS) is 10.2. The summed E-state index contributed by atoms with van der Waals surface area (Å²) in [4.78, 5) is 0. The van der Waals surface area contributed by atoms with Crippen LogP contribution in [-0.4, -0.2) is 6.54 Å². The topological polar surface area (TPSA) is 12.0 Å². The van der Waals surface area contributed by atoms with Gasteiger partial charge in [0.1, 0.15) is 0 Å². The van der Waals surface area contributed by atoms with E-state index >= 15 is 0 Å². The van der Waals surface area contributed by atoms with E-state index in [1.165, 1.54) is 16.7 Å². The molecule has 20 heavy (non-hydrogen) atoms. The highest BCUT2D eigenvalue weighted by molar-refractivity contribution is 5.21. The predicted octanol–water partition coefficient (Wildman–Crippen LogP) is 4.27. The van der Waals surface area contributed by atoms with E-state index in [1.807, 2.05) is 0 Å². The molecule has 0 bridgehead atoms. The first-order valence-corrected chi connectivity index (χ1v) is 7.25. The molecule has 0 spiro atoms. The predicted molar refractivity (Wildman–Crippen MR) is 86.8 cm³/mol. The van der Waals surface area contributed by atoms with Crippen molar-refractivity contribution in [2.24, 2.45) is 0 Å². The van der Waals surface area contributed by atoms with Gasteiger partial charge in [-0.3, -0.25) is 0 Å². The standard InChI is InChI=1S/C19H23N/c1-16-8-11-19(12-9-16)14-15-20-17(2)10-13-18-6-4-3-5-7-18/h3-9,11-12,20H,2,10,13-15H2,1H3. The second-order valence-electron chi connectivity index (χ2n) is 5.25. The van der Waals surface area contributed by atoms with E-state index < -0.39 is 0 Å². The molecule has 2 aromatic rings. The van der Waals surface area contributed by atoms with Crippen LogP contribution in [0.5, 0.6) is 0 Å². The van der Waals surface area contributed by atoms with Crippen LogP contribution in [0.25, 0.3) is 0 Å². The van der Waals surface area contributed by atoms with Crippen LogP contribution in [0.15, 0.2) is 66.9 Å². The van der Waals surface area contributed by atoms with Crippen molar-refractivity contribution in [3.63, 3.8) is 0 Å². The molecule has 0 radical (unpaired) electrons. The van der Waals surface area contributed by atoms with Crippen LogP contribution in [0, 0.1) is 6.92 Å². The fourth-order valence-corrected chi connectivity index (χ4v) is 2.17. The maximum Gasteiger partial charge on any atom is 0.0184 e. The van der Waals surface area contributed by atoms with Crippen LogP contribution in [-0.2, 0) is 12.8 Å². The van der Waals surface area contributed by atoms with E-state index in [1.54, 1.807) is 0 Å². The van der Waals surface area contributed by atoms with Crippen molar-refractivity contribution in [1.82, 2.24) is 5.32 Å². The summed E-state index contributed by atoms with van der Waals surface area (Å²) in [7, 11) is 0. The Kier molecular flexibility index (Phi) is 5.43. The van der Waals surface area contributed by atoms with Gasteiger partial charge in [-0.05, 0) is 37.3 Å². The average molecular weight is 265 g/mol. The number of nitrogens with one attached hydrogen (secondary N) is 1. The number of hydrogen-bond donors (Lipinski definition) is 1. The van der Waals surface area contributed by atoms with Gasteiger partial charge in [-0.15, -0.1) is 0 Å². The molecule has 0 saturated carbocycles. The number of rotatable bonds is 7. The van der Waals surface area contributed by atoms with Crippen LogP contribution >= 0.6 is 0 Å². The molecular formula is C19H23N. The zero-order valence-corrected chi connectivity index (χ0v) is 12.2. The zero-order valence-electron chi connectivity index (χ0n) is 12.2. The maximum atomic E-state index is 4.10. The van der Waals surface area contributed by atoms with Crippen LogP contribution < -0.4 is 5.32 Å². The Morgan fingerprint density at radius 3 is 2.25 bits per heavy atom. The molecule has 0 aliphatic carbocycles. The first kappa shape index (κ1) is 14.4. The number of aryl methyl sites for hydroxylation is 2. The highest BCUT2D eigenvalue weighted by Gasteiger charge is 1.97. The lowest BCUT2D eigenvalue weighted by atomic mass is 10.1. The maximum absolute atomic E-state index is 4.10. The van der Waals surface area contributed by atoms with Crippen LogP contribution in [0.4, 0.5) is 0 Å². The molecule has 0 atom stereocenters. The molecule has 0 fully saturated rings. The van der Waals surface area contributed by atoms with Gasteiger partial charge < -0.3 is 5.32 Å². The van der Waals surface area contributed by atoms with Gasteiger partial charge in [0.05, 0.1) is 0 Å². The molecule has 1 N–H and O–H groups in total. The summed E-state index contributed by atoms with van der Waals surface area (Å²) in [5, 5.41) is 3.42. The Morgan fingerprint density at radius 2 is 1.55 bits per heavy atom. The summed E-state index contributed by atoms with van der Waals surface area (Å²) in [5.74, 6) is 0. The Morgan fingerprint density at radius 1 is 0.900 bits per heavy atom. The molecule has 0 amide bonds. The van der Waals surface area contributed by atoms with Gasteiger partial charge in [-0.1, -0.05) is 66.7 Å². The average Bonchev–Trinajstić information content (AvgIpc) is 2.48. The summed E-state index contributed by atoms with van der Waals surface area (Å²) in [6.45, 7) is 7.18. The minimum Gasteiger partial charge on any atom is -0.388 e. The van der Waals surface area contributed by atoms with Gasteiger partial charge in [0, 0.05) is 12.2 Å². The smallest absolute Gasteiger partial charge is 0.0184 e. The molecule has 2 aromatic carbocycles. The monoisotopic (exact) mass is 265 g/mol. The Labute approximate surface area is 122 Å². The van der Waals surface area contributed by atoms with E-state index in [2.05, 4.69) is 73.4 Å². The molecular weight excluding hydrogens is 242 g/mol. The summed E-state index contributed by atoms with van der Waals surface area (Å²) >= 11 is 0. The SMILES string of the molecule is C=C(CCc1ccccc1)NCCc1ccc(C)cc1. The van der Waals surface area contributed by atoms with Crippen molar-refractivity contribution in [3.05, 3.63) is 83.6 Å². The third-order valence-corrected chi connectivity index (χ3v) is 3.47. The summed E-state index contributed by atoms with van der Waals surface area (Å²) in [5.41, 5.74) is 5.18. The molecule has 1 heteroatoms. The molecule has 0 aromatic heterocycles. The van der Waals surface area contributed by atoms with E-state index in [0.29, 0.717) is 0 Å². The fourth-order valence-electron chi connectivity index (χ4n) is 2.17. The van der Waals surface area contributed by atoms with Crippen molar-refractivity contribution in [2.45, 2.75) is 26.2 Å². The molecule has 0 aliphatic rings. The van der Waals surface area contributed by atoms with Gasteiger partial charge in [-0.25, -0.2) is 0 Å². The van der Waals surface area contributed by atoms with Crippen LogP contribution in [0.1, 0.15) is 23.1 Å². The molecule has 0 heterocycles. The van der Waals surface area contributed by atoms with E-state index in [9.17, 15) is 0 Å². The van der Waals surface area contributed by atoms with E-state index in [-0.39, 0.29) is 0 Å². The first-order valence-electron chi connectivity index (χ1n) is 7.25. The molecule has 0 aliphatic heterocycles. The molecule has 0 saturated heterocycles. The number of allylic oxidation sites excluding steroid dienone is 1. The quantitative estimate of drug-likeness (QED) is 0.788. The lowest BCUT2D eigenvalue weighted by Crippen LogP contribution is -2.16. The zero-order chi connectivity index (χ0) is 14.2. The van der Waals surface area contributed by atoms with Gasteiger partial charge >= 0.3 is 0 Å².